The van der Waals surface area contributed by atoms with Gasteiger partial charge in [0.25, 0.3) is 0 Å². The van der Waals surface area contributed by atoms with Crippen molar-refractivity contribution in [2.75, 3.05) is 0 Å². The van der Waals surface area contributed by atoms with Crippen LogP contribution in [0, 0.1) is 0 Å². The fourth-order valence-electron chi connectivity index (χ4n) is 7.81. The zero-order valence-electron chi connectivity index (χ0n) is 23.4. The Labute approximate surface area is 259 Å². The summed E-state index contributed by atoms with van der Waals surface area (Å²) in [6, 6.07) is 46.7. The van der Waals surface area contributed by atoms with Crippen molar-refractivity contribution in [2.45, 2.75) is 0 Å². The van der Waals surface area contributed by atoms with E-state index >= 15 is 0 Å². The number of hydrogen-bond acceptors (Lipinski definition) is 2. The largest absolute Gasteiger partial charge is 0.353 e. The van der Waals surface area contributed by atoms with Crippen LogP contribution in [0.15, 0.2) is 127 Å². The average molecular weight is 595 g/mol. The molecule has 11 aromatic rings. The third kappa shape index (κ3) is 2.76. The Kier molecular flexibility index (Phi) is 4.38. The number of rotatable bonds is 1. The first-order valence-electron chi connectivity index (χ1n) is 15.0. The van der Waals surface area contributed by atoms with Gasteiger partial charge in [0, 0.05) is 74.5 Å². The highest BCUT2D eigenvalue weighted by Gasteiger charge is 2.27. The number of para-hydroxylation sites is 3. The van der Waals surface area contributed by atoms with Crippen molar-refractivity contribution < 1.29 is 0 Å². The Hall–Kier alpha value is -5.16. The van der Waals surface area contributed by atoms with Gasteiger partial charge in [0.15, 0.2) is 0 Å². The lowest BCUT2D eigenvalue weighted by Gasteiger charge is -2.12. The molecule has 0 saturated carbocycles. The topological polar surface area (TPSA) is 20.7 Å². The molecule has 0 spiro atoms. The van der Waals surface area contributed by atoms with Crippen molar-refractivity contribution in [3.63, 3.8) is 0 Å². The Balaban J connectivity index is 1.61. The van der Waals surface area contributed by atoms with Gasteiger partial charge in [0.2, 0.25) is 0 Å². The van der Waals surface area contributed by atoms with Gasteiger partial charge in [-0.15, -0.1) is 22.7 Å². The summed E-state index contributed by atoms with van der Waals surface area (Å²) in [7, 11) is 0. The van der Waals surface area contributed by atoms with Gasteiger partial charge < -0.3 is 9.55 Å². The van der Waals surface area contributed by atoms with Crippen LogP contribution in [0.5, 0.6) is 0 Å². The van der Waals surface area contributed by atoms with Crippen LogP contribution in [0.25, 0.3) is 100 Å². The predicted molar refractivity (Wildman–Crippen MR) is 193 cm³/mol. The fourth-order valence-corrected chi connectivity index (χ4v) is 10.3. The summed E-state index contributed by atoms with van der Waals surface area (Å²) in [5.41, 5.74) is 6.17. The lowest BCUT2D eigenvalue weighted by molar-refractivity contribution is 1.19. The zero-order chi connectivity index (χ0) is 28.5. The second-order valence-corrected chi connectivity index (χ2v) is 13.8. The Morgan fingerprint density at radius 1 is 0.432 bits per heavy atom. The maximum Gasteiger partial charge on any atom is 0.0726 e. The molecule has 4 heterocycles. The first-order chi connectivity index (χ1) is 21.9. The van der Waals surface area contributed by atoms with Crippen LogP contribution in [0.3, 0.4) is 0 Å². The molecule has 0 saturated heterocycles. The van der Waals surface area contributed by atoms with E-state index in [1.807, 2.05) is 22.7 Å². The maximum atomic E-state index is 3.90. The maximum absolute atomic E-state index is 3.90. The van der Waals surface area contributed by atoms with Gasteiger partial charge in [-0.25, -0.2) is 0 Å². The van der Waals surface area contributed by atoms with Crippen LogP contribution >= 0.6 is 22.7 Å². The lowest BCUT2D eigenvalue weighted by atomic mass is 9.92. The molecule has 4 heteroatoms. The molecule has 44 heavy (non-hydrogen) atoms. The van der Waals surface area contributed by atoms with Crippen LogP contribution in [0.4, 0.5) is 0 Å². The number of hydrogen-bond donors (Lipinski definition) is 1. The molecule has 0 aliphatic carbocycles. The highest BCUT2D eigenvalue weighted by Crippen LogP contribution is 2.54. The summed E-state index contributed by atoms with van der Waals surface area (Å²) >= 11 is 3.84. The van der Waals surface area contributed by atoms with Crippen molar-refractivity contribution in [1.82, 2.24) is 9.55 Å². The standard InChI is InChI=1S/C40H22N2S2/c1-2-12-22(13-3-1)42-28-19-9-5-15-24(28)32-36-33-25-16-6-10-20-29(25)43-39(33)37-31(23-14-4-8-18-27(23)41-37)35(36)34-26-17-7-11-21-30(26)44-40(34)38(32)42/h1-21,41H. The van der Waals surface area contributed by atoms with Gasteiger partial charge in [-0.05, 0) is 36.4 Å². The molecule has 0 amide bonds. The van der Waals surface area contributed by atoms with Gasteiger partial charge >= 0.3 is 0 Å². The zero-order valence-corrected chi connectivity index (χ0v) is 25.0. The third-order valence-electron chi connectivity index (χ3n) is 9.48. The Bertz CT molecular complexity index is 2990. The SMILES string of the molecule is c1ccc(-n2c3ccccc3c3c4c5c6ccccc6sc5c5[nH]c6ccccc6c5c4c4c5ccccc5sc4c32)cc1. The van der Waals surface area contributed by atoms with Crippen molar-refractivity contribution >= 4 is 117 Å². The van der Waals surface area contributed by atoms with Crippen LogP contribution in [-0.4, -0.2) is 9.55 Å². The summed E-state index contributed by atoms with van der Waals surface area (Å²) in [6.07, 6.45) is 0. The number of aromatic nitrogens is 2. The average Bonchev–Trinajstić information content (AvgIpc) is 3.84. The van der Waals surface area contributed by atoms with Crippen LogP contribution < -0.4 is 0 Å². The summed E-state index contributed by atoms with van der Waals surface area (Å²) in [6.45, 7) is 0. The fraction of sp³-hybridized carbons (Fsp3) is 0. The monoisotopic (exact) mass is 594 g/mol. The van der Waals surface area contributed by atoms with E-state index in [0.717, 1.165) is 0 Å². The minimum Gasteiger partial charge on any atom is -0.353 e. The molecular weight excluding hydrogens is 573 g/mol. The summed E-state index contributed by atoms with van der Waals surface area (Å²) < 4.78 is 7.84. The van der Waals surface area contributed by atoms with Gasteiger partial charge in [0.1, 0.15) is 0 Å². The van der Waals surface area contributed by atoms with E-state index in [9.17, 15) is 0 Å². The highest BCUT2D eigenvalue weighted by molar-refractivity contribution is 7.27. The van der Waals surface area contributed by atoms with Gasteiger partial charge in [-0.3, -0.25) is 0 Å². The number of nitrogens with zero attached hydrogens (tertiary/aromatic N) is 1. The predicted octanol–water partition coefficient (Wildman–Crippen LogP) is 12.3. The number of benzene rings is 7. The van der Waals surface area contributed by atoms with E-state index in [4.69, 9.17) is 0 Å². The van der Waals surface area contributed by atoms with E-state index in [-0.39, 0.29) is 0 Å². The van der Waals surface area contributed by atoms with E-state index < -0.39 is 0 Å². The molecule has 1 N–H and O–H groups in total. The van der Waals surface area contributed by atoms with Crippen molar-refractivity contribution in [3.05, 3.63) is 127 Å². The molecule has 0 radical (unpaired) electrons. The molecular formula is C40H22N2S2. The molecule has 2 nitrogen and oxygen atoms in total. The highest BCUT2D eigenvalue weighted by atomic mass is 32.1. The van der Waals surface area contributed by atoms with Gasteiger partial charge in [-0.2, -0.15) is 0 Å². The van der Waals surface area contributed by atoms with Crippen molar-refractivity contribution in [2.24, 2.45) is 0 Å². The molecule has 4 aromatic heterocycles. The van der Waals surface area contributed by atoms with Gasteiger partial charge in [-0.1, -0.05) is 91.0 Å². The number of nitrogens with one attached hydrogen (secondary N) is 1. The van der Waals surface area contributed by atoms with E-state index in [1.54, 1.807) is 0 Å². The normalized spacial score (nSPS) is 12.5. The second kappa shape index (κ2) is 8.26. The van der Waals surface area contributed by atoms with Crippen LogP contribution in [-0.2, 0) is 0 Å². The van der Waals surface area contributed by atoms with Crippen LogP contribution in [0.2, 0.25) is 0 Å². The van der Waals surface area contributed by atoms with Crippen molar-refractivity contribution in [3.8, 4) is 5.69 Å². The number of aromatic amines is 1. The Morgan fingerprint density at radius 3 is 1.77 bits per heavy atom. The summed E-state index contributed by atoms with van der Waals surface area (Å²) in [4.78, 5) is 3.90. The third-order valence-corrected chi connectivity index (χ3v) is 11.8. The smallest absolute Gasteiger partial charge is 0.0726 e. The molecule has 11 rings (SSSR count). The number of thiophene rings is 2. The molecule has 0 bridgehead atoms. The number of fused-ring (bicyclic) bond motifs is 19. The minimum absolute atomic E-state index is 1.19. The quantitative estimate of drug-likeness (QED) is 0.195. The molecule has 0 aliphatic rings. The first kappa shape index (κ1) is 23.3. The molecule has 0 unspecified atom stereocenters. The summed E-state index contributed by atoms with van der Waals surface area (Å²) in [5.74, 6) is 0. The molecule has 7 aromatic carbocycles. The Morgan fingerprint density at radius 2 is 1.00 bits per heavy atom. The second-order valence-electron chi connectivity index (χ2n) is 11.7. The minimum atomic E-state index is 1.19. The molecule has 0 fully saturated rings. The van der Waals surface area contributed by atoms with Crippen LogP contribution in [0.1, 0.15) is 0 Å². The molecule has 0 aliphatic heterocycles. The lowest BCUT2D eigenvalue weighted by Crippen LogP contribution is -1.93. The van der Waals surface area contributed by atoms with Crippen molar-refractivity contribution in [1.29, 1.82) is 0 Å². The molecule has 204 valence electrons. The van der Waals surface area contributed by atoms with E-state index in [2.05, 4.69) is 137 Å². The summed E-state index contributed by atoms with van der Waals surface area (Å²) in [5, 5.41) is 13.4. The van der Waals surface area contributed by atoms with Gasteiger partial charge in [0.05, 0.1) is 25.9 Å². The van der Waals surface area contributed by atoms with E-state index in [1.165, 1.54) is 100 Å². The first-order valence-corrected chi connectivity index (χ1v) is 16.6. The number of H-pyrrole nitrogens is 1. The molecule has 0 atom stereocenters. The van der Waals surface area contributed by atoms with E-state index in [0.29, 0.717) is 0 Å².